The number of halogens is 1. The Morgan fingerprint density at radius 3 is 2.22 bits per heavy atom. The topological polar surface area (TPSA) is 193 Å². The van der Waals surface area contributed by atoms with Gasteiger partial charge in [-0.1, -0.05) is 81.3 Å². The van der Waals surface area contributed by atoms with Crippen molar-refractivity contribution in [1.82, 2.24) is 31.1 Å². The minimum Gasteiger partial charge on any atom is -0.449 e. The number of thioether (sulfide) groups is 2. The molecular formula is C42H57ClN6O9S2. The fourth-order valence-electron chi connectivity index (χ4n) is 6.64. The van der Waals surface area contributed by atoms with Crippen molar-refractivity contribution in [3.63, 3.8) is 0 Å². The van der Waals surface area contributed by atoms with Crippen LogP contribution in [0.5, 0.6) is 0 Å². The SMILES string of the molecule is CCCC(NC(=O)[C@@H]1CC2(CN1C(=O)[C@@H](NC(=O)OCC(C)C)[C@@H](C)OCc1ccc(Cl)cc1)SCCCS2)C(=O)C(=O)NCC(=O)N[C@H](C(=O)N(C)C)c1ccccc1. The number of benzene rings is 2. The van der Waals surface area contributed by atoms with E-state index < -0.39 is 76.4 Å². The van der Waals surface area contributed by atoms with Crippen molar-refractivity contribution in [3.8, 4) is 0 Å². The summed E-state index contributed by atoms with van der Waals surface area (Å²) in [6.45, 7) is 7.02. The van der Waals surface area contributed by atoms with E-state index in [4.69, 9.17) is 21.1 Å². The van der Waals surface area contributed by atoms with Gasteiger partial charge in [0, 0.05) is 32.1 Å². The molecule has 0 aromatic heterocycles. The second kappa shape index (κ2) is 23.0. The lowest BCUT2D eigenvalue weighted by atomic mass is 10.0. The van der Waals surface area contributed by atoms with E-state index >= 15 is 0 Å². The van der Waals surface area contributed by atoms with Crippen LogP contribution in [-0.4, -0.2) is 125 Å². The first-order valence-electron chi connectivity index (χ1n) is 20.1. The number of alkyl carbamates (subject to hydrolysis) is 1. The van der Waals surface area contributed by atoms with Crippen molar-refractivity contribution in [2.75, 3.05) is 45.3 Å². The molecule has 2 aliphatic rings. The van der Waals surface area contributed by atoms with Crippen LogP contribution in [0, 0.1) is 5.92 Å². The van der Waals surface area contributed by atoms with E-state index in [1.54, 1.807) is 106 Å². The Labute approximate surface area is 365 Å². The van der Waals surface area contributed by atoms with Crippen LogP contribution < -0.4 is 21.3 Å². The maximum atomic E-state index is 14.7. The molecular weight excluding hydrogens is 832 g/mol. The van der Waals surface area contributed by atoms with Crippen molar-refractivity contribution < 1.29 is 43.0 Å². The highest BCUT2D eigenvalue weighted by atomic mass is 35.5. The number of amides is 6. The fourth-order valence-corrected chi connectivity index (χ4v) is 10.1. The summed E-state index contributed by atoms with van der Waals surface area (Å²) >= 11 is 9.39. The van der Waals surface area contributed by atoms with Gasteiger partial charge in [-0.05, 0) is 60.4 Å². The number of likely N-dealkylation sites (tertiary alicyclic amines) is 1. The number of carbonyl (C=O) groups is 7. The van der Waals surface area contributed by atoms with E-state index in [1.165, 1.54) is 9.80 Å². The number of hydrogen-bond donors (Lipinski definition) is 4. The first kappa shape index (κ1) is 48.3. The lowest BCUT2D eigenvalue weighted by Crippen LogP contribution is -2.59. The van der Waals surface area contributed by atoms with Gasteiger partial charge in [0.05, 0.1) is 36.0 Å². The predicted octanol–water partition coefficient (Wildman–Crippen LogP) is 4.08. The number of nitrogens with one attached hydrogen (secondary N) is 4. The van der Waals surface area contributed by atoms with Crippen molar-refractivity contribution in [3.05, 3.63) is 70.7 Å². The third-order valence-electron chi connectivity index (χ3n) is 9.85. The zero-order valence-electron chi connectivity index (χ0n) is 35.0. The predicted molar refractivity (Wildman–Crippen MR) is 232 cm³/mol. The van der Waals surface area contributed by atoms with Gasteiger partial charge in [-0.25, -0.2) is 4.79 Å². The summed E-state index contributed by atoms with van der Waals surface area (Å²) in [5, 5.41) is 10.9. The number of carbonyl (C=O) groups excluding carboxylic acids is 7. The molecule has 1 spiro atoms. The van der Waals surface area contributed by atoms with Gasteiger partial charge in [-0.15, -0.1) is 23.5 Å². The van der Waals surface area contributed by atoms with Gasteiger partial charge >= 0.3 is 6.09 Å². The van der Waals surface area contributed by atoms with Crippen molar-refractivity contribution >= 4 is 76.5 Å². The molecule has 0 saturated carbocycles. The summed E-state index contributed by atoms with van der Waals surface area (Å²) < 4.78 is 11.0. The van der Waals surface area contributed by atoms with Crippen molar-refractivity contribution in [1.29, 1.82) is 0 Å². The zero-order chi connectivity index (χ0) is 44.0. The number of nitrogens with zero attached hydrogens (tertiary/aromatic N) is 2. The van der Waals surface area contributed by atoms with E-state index in [-0.39, 0.29) is 44.4 Å². The van der Waals surface area contributed by atoms with Crippen LogP contribution >= 0.6 is 35.1 Å². The van der Waals surface area contributed by atoms with E-state index in [2.05, 4.69) is 21.3 Å². The van der Waals surface area contributed by atoms with Gasteiger partial charge in [0.2, 0.25) is 29.4 Å². The lowest BCUT2D eigenvalue weighted by molar-refractivity contribution is -0.144. The van der Waals surface area contributed by atoms with Crippen molar-refractivity contribution in [2.24, 2.45) is 5.92 Å². The van der Waals surface area contributed by atoms with Gasteiger partial charge in [0.1, 0.15) is 18.1 Å². The van der Waals surface area contributed by atoms with Crippen LogP contribution in [0.15, 0.2) is 54.6 Å². The van der Waals surface area contributed by atoms with Crippen LogP contribution in [0.2, 0.25) is 5.02 Å². The summed E-state index contributed by atoms with van der Waals surface area (Å²) in [5.74, 6) is -2.65. The second-order valence-electron chi connectivity index (χ2n) is 15.4. The van der Waals surface area contributed by atoms with Crippen LogP contribution in [0.4, 0.5) is 4.79 Å². The molecule has 2 heterocycles. The van der Waals surface area contributed by atoms with Crippen LogP contribution in [0.25, 0.3) is 0 Å². The first-order chi connectivity index (χ1) is 28.5. The number of rotatable bonds is 19. The maximum Gasteiger partial charge on any atom is 0.407 e. The normalized spacial score (nSPS) is 17.8. The summed E-state index contributed by atoms with van der Waals surface area (Å²) in [5.41, 5.74) is 1.33. The van der Waals surface area contributed by atoms with Crippen LogP contribution in [-0.2, 0) is 44.8 Å². The monoisotopic (exact) mass is 888 g/mol. The summed E-state index contributed by atoms with van der Waals surface area (Å²) in [6.07, 6.45) is 0.0696. The average molecular weight is 890 g/mol. The molecule has 2 saturated heterocycles. The van der Waals surface area contributed by atoms with Gasteiger partial charge in [-0.2, -0.15) is 0 Å². The van der Waals surface area contributed by atoms with E-state index in [0.29, 0.717) is 17.0 Å². The van der Waals surface area contributed by atoms with Gasteiger partial charge in [-0.3, -0.25) is 28.8 Å². The molecule has 5 atom stereocenters. The van der Waals surface area contributed by atoms with E-state index in [1.807, 2.05) is 13.8 Å². The number of hydrogen-bond acceptors (Lipinski definition) is 11. The quantitative estimate of drug-likeness (QED) is 0.149. The molecule has 60 heavy (non-hydrogen) atoms. The minimum atomic E-state index is -1.26. The standard InChI is InChI=1S/C42H57ClN6O9S2/c1-7-12-31(36(51)38(53)44-22-33(50)46-35(39(54)48(5)6)29-13-9-8-10-14-29)45-37(52)32-21-42(59-19-11-20-60-42)25-49(32)40(55)34(47-41(56)58-23-26(2)3)27(4)57-24-28-15-17-30(43)18-16-28/h8-10,13-18,26-27,31-32,34-35H,7,11-12,19-25H2,1-6H3,(H,44,53)(H,45,52)(H,46,50)(H,47,56)/t27-,31?,32+,34+,35+/m1/s1. The number of likely N-dealkylation sites (N-methyl/N-ethyl adjacent to an activating group) is 1. The zero-order valence-corrected chi connectivity index (χ0v) is 37.4. The molecule has 1 unspecified atom stereocenters. The number of Topliss-reactive ketones (excluding diaryl/α,β-unsaturated/α-hetero) is 1. The molecule has 0 bridgehead atoms. The highest BCUT2D eigenvalue weighted by molar-refractivity contribution is 8.18. The Hall–Kier alpha value is -4.32. The second-order valence-corrected chi connectivity index (χ2v) is 19.1. The lowest BCUT2D eigenvalue weighted by Gasteiger charge is -2.33. The molecule has 2 fully saturated rings. The molecule has 4 rings (SSSR count). The minimum absolute atomic E-state index is 0.0408. The van der Waals surface area contributed by atoms with Crippen LogP contribution in [0.3, 0.4) is 0 Å². The molecule has 18 heteroatoms. The van der Waals surface area contributed by atoms with E-state index in [0.717, 1.165) is 23.5 Å². The molecule has 328 valence electrons. The van der Waals surface area contributed by atoms with Gasteiger partial charge < -0.3 is 40.5 Å². The molecule has 15 nitrogen and oxygen atoms in total. The summed E-state index contributed by atoms with van der Waals surface area (Å²) in [6, 6.07) is 11.0. The highest BCUT2D eigenvalue weighted by Crippen LogP contribution is 2.50. The number of ketones is 1. The van der Waals surface area contributed by atoms with Crippen LogP contribution in [0.1, 0.15) is 70.5 Å². The third kappa shape index (κ3) is 13.9. The smallest absolute Gasteiger partial charge is 0.407 e. The molecule has 6 amide bonds. The summed E-state index contributed by atoms with van der Waals surface area (Å²) in [7, 11) is 3.11. The number of ether oxygens (including phenoxy) is 2. The molecule has 2 aromatic carbocycles. The Kier molecular flexibility index (Phi) is 18.6. The highest BCUT2D eigenvalue weighted by Gasteiger charge is 2.52. The van der Waals surface area contributed by atoms with Gasteiger partial charge in [0.15, 0.2) is 0 Å². The molecule has 4 N–H and O–H groups in total. The molecule has 0 aliphatic carbocycles. The van der Waals surface area contributed by atoms with Crippen molar-refractivity contribution in [2.45, 2.75) is 94.3 Å². The largest absolute Gasteiger partial charge is 0.449 e. The molecule has 2 aliphatic heterocycles. The maximum absolute atomic E-state index is 14.7. The Balaban J connectivity index is 1.50. The molecule has 2 aromatic rings. The first-order valence-corrected chi connectivity index (χ1v) is 22.4. The molecule has 0 radical (unpaired) electrons. The third-order valence-corrected chi connectivity index (χ3v) is 13.4. The Morgan fingerprint density at radius 2 is 1.60 bits per heavy atom. The Morgan fingerprint density at radius 1 is 0.933 bits per heavy atom. The average Bonchev–Trinajstić information content (AvgIpc) is 3.60. The summed E-state index contributed by atoms with van der Waals surface area (Å²) in [4.78, 5) is 97.5. The Bertz CT molecular complexity index is 1810. The van der Waals surface area contributed by atoms with E-state index in [9.17, 15) is 33.6 Å². The van der Waals surface area contributed by atoms with Gasteiger partial charge in [0.25, 0.3) is 5.91 Å². The fraction of sp³-hybridized carbons (Fsp3) is 0.548.